The highest BCUT2D eigenvalue weighted by Gasteiger charge is 2.47. The molecule has 0 aromatic rings. The van der Waals surface area contributed by atoms with Crippen LogP contribution in [0.3, 0.4) is 0 Å². The minimum absolute atomic E-state index is 0.109. The lowest BCUT2D eigenvalue weighted by Crippen LogP contribution is -2.61. The third-order valence-corrected chi connectivity index (χ3v) is 15.0. The summed E-state index contributed by atoms with van der Waals surface area (Å²) >= 11 is 0. The average molecular weight is 1140 g/mol. The minimum atomic E-state index is -1.63. The van der Waals surface area contributed by atoms with Crippen molar-refractivity contribution in [2.75, 3.05) is 13.2 Å². The summed E-state index contributed by atoms with van der Waals surface area (Å²) in [5.74, 6) is -1.23. The minimum Gasteiger partial charge on any atom is -0.454 e. The molecule has 0 aromatic heterocycles. The van der Waals surface area contributed by atoms with Crippen molar-refractivity contribution in [2.24, 2.45) is 0 Å². The van der Waals surface area contributed by atoms with Crippen LogP contribution in [0.5, 0.6) is 0 Å². The highest BCUT2D eigenvalue weighted by molar-refractivity contribution is 5.80. The topological polar surface area (TPSA) is 175 Å². The molecule has 6 N–H and O–H groups in total. The molecule has 0 radical (unpaired) electrons. The van der Waals surface area contributed by atoms with E-state index in [-0.39, 0.29) is 19.4 Å². The number of ether oxygens (including phenoxy) is 3. The van der Waals surface area contributed by atoms with Gasteiger partial charge in [0.2, 0.25) is 5.91 Å². The molecule has 81 heavy (non-hydrogen) atoms. The van der Waals surface area contributed by atoms with Gasteiger partial charge in [-0.15, -0.1) is 0 Å². The molecule has 1 saturated heterocycles. The Hall–Kier alpha value is -3.42. The smallest absolute Gasteiger partial charge is 0.306 e. The molecule has 11 nitrogen and oxygen atoms in total. The van der Waals surface area contributed by atoms with E-state index < -0.39 is 67.4 Å². The lowest BCUT2D eigenvalue weighted by Gasteiger charge is -2.41. The van der Waals surface area contributed by atoms with Crippen LogP contribution in [0.4, 0.5) is 0 Å². The van der Waals surface area contributed by atoms with Crippen molar-refractivity contribution in [3.8, 4) is 0 Å². The summed E-state index contributed by atoms with van der Waals surface area (Å²) < 4.78 is 17.6. The third kappa shape index (κ3) is 44.7. The van der Waals surface area contributed by atoms with Crippen LogP contribution in [-0.2, 0) is 23.8 Å². The Bertz CT molecular complexity index is 1690. The molecule has 8 unspecified atom stereocenters. The first-order valence-corrected chi connectivity index (χ1v) is 33.0. The van der Waals surface area contributed by atoms with Gasteiger partial charge in [0, 0.05) is 6.42 Å². The van der Waals surface area contributed by atoms with Crippen LogP contribution in [0.15, 0.2) is 97.2 Å². The standard InChI is InChI=1S/C70H121NO10/c1-4-7-10-13-16-19-22-24-26-28-29-30-31-32-33-34-35-36-38-40-43-46-49-52-55-58-65(75)81-68-67(77)66(76)64(59-72)80-70(68)79-60-61(62(73)56-53-50-47-44-41-21-18-15-12-9-6-3)71-69(78)63(74)57-54-51-48-45-42-39-37-27-25-23-20-17-14-11-8-5-2/h16-17,19-20,24-27,29-30,32-33,39,42,53,56,61-64,66-68,70,72-74,76-77H,4-15,18,21-23,28,31,34-38,40-41,43-52,54-55,57-60H2,1-3H3,(H,71,78)/b19-16-,20-17-,26-24-,27-25-,30-29-,33-32-,42-39-,56-53+. The van der Waals surface area contributed by atoms with Crippen LogP contribution in [0.25, 0.3) is 0 Å². The fraction of sp³-hybridized carbons (Fsp3) is 0.743. The maximum atomic E-state index is 13.4. The first-order valence-electron chi connectivity index (χ1n) is 33.0. The zero-order chi connectivity index (χ0) is 58.9. The molecular formula is C70H121NO10. The maximum Gasteiger partial charge on any atom is 0.306 e. The van der Waals surface area contributed by atoms with E-state index in [2.05, 4.69) is 111 Å². The van der Waals surface area contributed by atoms with E-state index >= 15 is 0 Å². The van der Waals surface area contributed by atoms with Crippen LogP contribution in [0, 0.1) is 0 Å². The largest absolute Gasteiger partial charge is 0.454 e. The second-order valence-electron chi connectivity index (χ2n) is 22.5. The zero-order valence-electron chi connectivity index (χ0n) is 51.6. The molecule has 1 amide bonds. The Morgan fingerprint density at radius 3 is 1.30 bits per heavy atom. The summed E-state index contributed by atoms with van der Waals surface area (Å²) in [4.78, 5) is 26.6. The van der Waals surface area contributed by atoms with E-state index in [0.29, 0.717) is 12.8 Å². The van der Waals surface area contributed by atoms with Crippen LogP contribution in [0.2, 0.25) is 0 Å². The van der Waals surface area contributed by atoms with Crippen molar-refractivity contribution in [2.45, 2.75) is 320 Å². The number of aliphatic hydroxyl groups excluding tert-OH is 5. The molecule has 1 aliphatic rings. The number of allylic oxidation sites excluding steroid dienone is 15. The molecule has 0 aliphatic carbocycles. The average Bonchev–Trinajstić information content (AvgIpc) is 3.52. The summed E-state index contributed by atoms with van der Waals surface area (Å²) in [6, 6.07) is -1.04. The van der Waals surface area contributed by atoms with E-state index in [4.69, 9.17) is 14.2 Å². The maximum absolute atomic E-state index is 13.4. The highest BCUT2D eigenvalue weighted by Crippen LogP contribution is 2.26. The molecule has 1 aliphatic heterocycles. The Labute approximate surface area is 495 Å². The second-order valence-corrected chi connectivity index (χ2v) is 22.5. The fourth-order valence-corrected chi connectivity index (χ4v) is 9.70. The molecule has 1 fully saturated rings. The third-order valence-electron chi connectivity index (χ3n) is 15.0. The van der Waals surface area contributed by atoms with Gasteiger partial charge in [0.05, 0.1) is 25.4 Å². The first-order chi connectivity index (χ1) is 39.7. The van der Waals surface area contributed by atoms with Gasteiger partial charge in [0.25, 0.3) is 0 Å². The Morgan fingerprint density at radius 2 is 0.852 bits per heavy atom. The van der Waals surface area contributed by atoms with E-state index in [0.717, 1.165) is 116 Å². The lowest BCUT2D eigenvalue weighted by molar-refractivity contribution is -0.305. The Morgan fingerprint density at radius 1 is 0.481 bits per heavy atom. The molecular weight excluding hydrogens is 1010 g/mol. The molecule has 8 atom stereocenters. The van der Waals surface area contributed by atoms with Gasteiger partial charge >= 0.3 is 5.97 Å². The number of hydrogen-bond acceptors (Lipinski definition) is 10. The number of esters is 1. The highest BCUT2D eigenvalue weighted by atomic mass is 16.7. The van der Waals surface area contributed by atoms with E-state index in [1.165, 1.54) is 109 Å². The Balaban J connectivity index is 2.61. The van der Waals surface area contributed by atoms with Crippen LogP contribution in [0.1, 0.15) is 271 Å². The predicted octanol–water partition coefficient (Wildman–Crippen LogP) is 16.3. The SMILES string of the molecule is CCCCC/C=C\C/C=C\C/C=C\C/C=C\CCCCCCCCCCCC(=O)OC1C(OCC(NC(=O)C(O)CCCCC/C=C\C/C=C\C/C=C\CCCCC)C(O)/C=C/CCCCCCCCCCC)OC(CO)C(O)C1O. The van der Waals surface area contributed by atoms with Crippen molar-refractivity contribution in [1.82, 2.24) is 5.32 Å². The van der Waals surface area contributed by atoms with E-state index in [1.807, 2.05) is 6.08 Å². The zero-order valence-corrected chi connectivity index (χ0v) is 51.6. The number of carbonyl (C=O) groups excluding carboxylic acids is 2. The van der Waals surface area contributed by atoms with Gasteiger partial charge in [-0.3, -0.25) is 9.59 Å². The van der Waals surface area contributed by atoms with Crippen LogP contribution >= 0.6 is 0 Å². The number of carbonyl (C=O) groups is 2. The Kier molecular flexibility index (Phi) is 53.2. The van der Waals surface area contributed by atoms with Gasteiger partial charge in [0.1, 0.15) is 24.4 Å². The predicted molar refractivity (Wildman–Crippen MR) is 338 cm³/mol. The quantitative estimate of drug-likeness (QED) is 0.0195. The number of nitrogens with one attached hydrogen (secondary N) is 1. The molecule has 1 rings (SSSR count). The first kappa shape index (κ1) is 75.6. The molecule has 0 saturated carbocycles. The second kappa shape index (κ2) is 57.0. The summed E-state index contributed by atoms with van der Waals surface area (Å²) in [5, 5.41) is 57.0. The molecule has 466 valence electrons. The number of rotatable bonds is 55. The summed E-state index contributed by atoms with van der Waals surface area (Å²) in [6.45, 7) is 5.71. The summed E-state index contributed by atoms with van der Waals surface area (Å²) in [6.07, 6.45) is 65.8. The molecule has 0 aromatic carbocycles. The van der Waals surface area contributed by atoms with Crippen molar-refractivity contribution in [3.63, 3.8) is 0 Å². The van der Waals surface area contributed by atoms with Gasteiger partial charge in [-0.25, -0.2) is 0 Å². The van der Waals surface area contributed by atoms with Crippen molar-refractivity contribution in [3.05, 3.63) is 97.2 Å². The van der Waals surface area contributed by atoms with Crippen molar-refractivity contribution >= 4 is 11.9 Å². The van der Waals surface area contributed by atoms with Gasteiger partial charge in [-0.05, 0) is 109 Å². The number of amides is 1. The van der Waals surface area contributed by atoms with E-state index in [1.54, 1.807) is 6.08 Å². The van der Waals surface area contributed by atoms with Crippen LogP contribution in [-0.4, -0.2) is 99.6 Å². The molecule has 1 heterocycles. The molecule has 0 bridgehead atoms. The monoisotopic (exact) mass is 1140 g/mol. The van der Waals surface area contributed by atoms with Gasteiger partial charge in [-0.1, -0.05) is 253 Å². The van der Waals surface area contributed by atoms with Gasteiger partial charge < -0.3 is 45.1 Å². The van der Waals surface area contributed by atoms with Gasteiger partial charge in [0.15, 0.2) is 12.4 Å². The van der Waals surface area contributed by atoms with Gasteiger partial charge in [-0.2, -0.15) is 0 Å². The molecule has 0 spiro atoms. The fourth-order valence-electron chi connectivity index (χ4n) is 9.70. The normalized spacial score (nSPS) is 19.3. The van der Waals surface area contributed by atoms with Crippen molar-refractivity contribution < 1.29 is 49.3 Å². The van der Waals surface area contributed by atoms with Crippen molar-refractivity contribution in [1.29, 1.82) is 0 Å². The molecule has 11 heteroatoms. The number of hydrogen-bond donors (Lipinski definition) is 6. The lowest BCUT2D eigenvalue weighted by atomic mass is 9.99. The van der Waals surface area contributed by atoms with E-state index in [9.17, 15) is 35.1 Å². The summed E-state index contributed by atoms with van der Waals surface area (Å²) in [7, 11) is 0. The summed E-state index contributed by atoms with van der Waals surface area (Å²) in [5.41, 5.74) is 0. The number of unbranched alkanes of at least 4 members (excludes halogenated alkanes) is 27. The van der Waals surface area contributed by atoms with Crippen LogP contribution < -0.4 is 5.32 Å². The number of aliphatic hydroxyl groups is 5.